The van der Waals surface area contributed by atoms with E-state index in [2.05, 4.69) is 4.98 Å². The predicted octanol–water partition coefficient (Wildman–Crippen LogP) is 4.99. The van der Waals surface area contributed by atoms with E-state index in [1.165, 1.54) is 0 Å². The highest BCUT2D eigenvalue weighted by Gasteiger charge is 2.05. The molecule has 0 unspecified atom stereocenters. The van der Waals surface area contributed by atoms with Gasteiger partial charge in [0, 0.05) is 21.8 Å². The van der Waals surface area contributed by atoms with Gasteiger partial charge < -0.3 is 4.98 Å². The molecule has 1 aromatic heterocycles. The second-order valence-electron chi connectivity index (χ2n) is 4.24. The first-order chi connectivity index (χ1) is 12.3. The summed E-state index contributed by atoms with van der Waals surface area (Å²) in [7, 11) is 0. The number of aromatic amines is 1. The number of para-hydroxylation sites is 1. The largest absolute Gasteiger partial charge is 0.355 e. The Bertz CT molecular complexity index is 1200. The van der Waals surface area contributed by atoms with Crippen LogP contribution in [0.2, 0.25) is 0 Å². The molecular weight excluding hydrogens is 230 g/mol. The van der Waals surface area contributed by atoms with Crippen LogP contribution >= 0.6 is 0 Å². The molecule has 0 spiro atoms. The van der Waals surface area contributed by atoms with Gasteiger partial charge in [-0.05, 0) is 29.3 Å². The maximum absolute atomic E-state index is 8.63. The van der Waals surface area contributed by atoms with E-state index in [1.807, 2.05) is 6.07 Å². The highest BCUT2D eigenvalue weighted by atomic mass is 14.7. The van der Waals surface area contributed by atoms with Gasteiger partial charge in [0.2, 0.25) is 0 Å². The number of fused-ring (bicyclic) bond motifs is 3. The van der Waals surface area contributed by atoms with E-state index in [9.17, 15) is 0 Å². The molecule has 1 heteroatoms. The van der Waals surface area contributed by atoms with Gasteiger partial charge in [-0.15, -0.1) is 0 Å². The zero-order chi connectivity index (χ0) is 18.7. The van der Waals surface area contributed by atoms with Crippen LogP contribution in [0.4, 0.5) is 0 Å². The molecule has 0 saturated heterocycles. The molecule has 90 valence electrons. The third-order valence-electron chi connectivity index (χ3n) is 3.06. The molecule has 4 aromatic rings. The molecular formula is C18H13N. The van der Waals surface area contributed by atoms with Crippen molar-refractivity contribution in [2.75, 3.05) is 0 Å². The number of rotatable bonds is 1. The van der Waals surface area contributed by atoms with Crippen LogP contribution < -0.4 is 0 Å². The monoisotopic (exact) mass is 250 g/mol. The standard InChI is InChI=1S/C18H13N/c1-2-6-13(7-3-1)14-10-11-18-16(12-14)15-8-4-5-9-17(15)19-18/h1-12,19H/i4D,5D,8D,9D,10D,11D,12D. The smallest absolute Gasteiger partial charge is 0.0645 e. The Balaban J connectivity index is 2.28. The number of hydrogen-bond donors (Lipinski definition) is 1. The number of hydrogen-bond acceptors (Lipinski definition) is 0. The molecule has 4 rings (SSSR count). The fourth-order valence-corrected chi connectivity index (χ4v) is 2.16. The average Bonchev–Trinajstić information content (AvgIpc) is 3.05. The summed E-state index contributed by atoms with van der Waals surface area (Å²) in [5.74, 6) is 0. The van der Waals surface area contributed by atoms with E-state index in [0.717, 1.165) is 0 Å². The van der Waals surface area contributed by atoms with Crippen LogP contribution in [0.1, 0.15) is 9.60 Å². The average molecular weight is 250 g/mol. The number of benzene rings is 3. The van der Waals surface area contributed by atoms with Gasteiger partial charge in [0.05, 0.1) is 9.60 Å². The molecule has 0 aliphatic rings. The topological polar surface area (TPSA) is 15.8 Å². The van der Waals surface area contributed by atoms with Crippen LogP contribution in [-0.4, -0.2) is 4.98 Å². The molecule has 0 fully saturated rings. The van der Waals surface area contributed by atoms with Crippen LogP contribution in [-0.2, 0) is 0 Å². The molecule has 0 bridgehead atoms. The van der Waals surface area contributed by atoms with Gasteiger partial charge in [0.25, 0.3) is 0 Å². The lowest BCUT2D eigenvalue weighted by Crippen LogP contribution is -1.76. The summed E-state index contributed by atoms with van der Waals surface area (Å²) in [4.78, 5) is 2.85. The molecule has 0 saturated carbocycles. The lowest BCUT2D eigenvalue weighted by molar-refractivity contribution is 1.54. The number of H-pyrrole nitrogens is 1. The Morgan fingerprint density at radius 2 is 1.53 bits per heavy atom. The molecule has 1 N–H and O–H groups in total. The zero-order valence-electron chi connectivity index (χ0n) is 16.9. The van der Waals surface area contributed by atoms with E-state index in [4.69, 9.17) is 9.60 Å². The minimum Gasteiger partial charge on any atom is -0.355 e. The zero-order valence-corrected chi connectivity index (χ0v) is 9.89. The van der Waals surface area contributed by atoms with Gasteiger partial charge in [0.1, 0.15) is 0 Å². The number of aromatic nitrogens is 1. The quantitative estimate of drug-likeness (QED) is 0.490. The lowest BCUT2D eigenvalue weighted by Gasteiger charge is -2.01. The van der Waals surface area contributed by atoms with Crippen molar-refractivity contribution in [1.29, 1.82) is 0 Å². The first kappa shape index (κ1) is 5.62. The van der Waals surface area contributed by atoms with Crippen LogP contribution in [0.5, 0.6) is 0 Å². The van der Waals surface area contributed by atoms with Crippen LogP contribution in [0.3, 0.4) is 0 Å². The van der Waals surface area contributed by atoms with E-state index in [0.29, 0.717) is 5.56 Å². The molecule has 0 aliphatic heterocycles. The Hall–Kier alpha value is -2.54. The van der Waals surface area contributed by atoms with Crippen molar-refractivity contribution in [3.8, 4) is 11.1 Å². The minimum absolute atomic E-state index is 0.0246. The SMILES string of the molecule is [2H]c1c([2H])c([2H])c2c([nH]c3c([2H])c([2H])c(-c4ccccc4)c([2H])c32)c1[2H]. The highest BCUT2D eigenvalue weighted by Crippen LogP contribution is 2.29. The van der Waals surface area contributed by atoms with Gasteiger partial charge in [0.15, 0.2) is 0 Å². The van der Waals surface area contributed by atoms with E-state index < -0.39 is 0 Å². The fourth-order valence-electron chi connectivity index (χ4n) is 2.16. The normalized spacial score (nSPS) is 16.3. The second kappa shape index (κ2) is 3.99. The summed E-state index contributed by atoms with van der Waals surface area (Å²) in [6, 6.07) is 7.35. The first-order valence-electron chi connectivity index (χ1n) is 9.41. The minimum atomic E-state index is -0.384. The molecule has 1 nitrogen and oxygen atoms in total. The fraction of sp³-hybridized carbons (Fsp3) is 0. The Kier molecular flexibility index (Phi) is 1.18. The molecule has 1 heterocycles. The van der Waals surface area contributed by atoms with Crippen molar-refractivity contribution in [1.82, 2.24) is 4.98 Å². The van der Waals surface area contributed by atoms with E-state index >= 15 is 0 Å². The van der Waals surface area contributed by atoms with Crippen molar-refractivity contribution in [3.63, 3.8) is 0 Å². The van der Waals surface area contributed by atoms with E-state index in [1.54, 1.807) is 24.3 Å². The predicted molar refractivity (Wildman–Crippen MR) is 81.2 cm³/mol. The van der Waals surface area contributed by atoms with Crippen molar-refractivity contribution < 1.29 is 9.60 Å². The van der Waals surface area contributed by atoms with Gasteiger partial charge in [-0.2, -0.15) is 0 Å². The van der Waals surface area contributed by atoms with Gasteiger partial charge >= 0.3 is 0 Å². The molecule has 0 radical (unpaired) electrons. The summed E-state index contributed by atoms with van der Waals surface area (Å²) in [6.45, 7) is 0. The van der Waals surface area contributed by atoms with Gasteiger partial charge in [-0.1, -0.05) is 54.5 Å². The third-order valence-corrected chi connectivity index (χ3v) is 3.06. The van der Waals surface area contributed by atoms with E-state index in [-0.39, 0.29) is 69.7 Å². The summed E-state index contributed by atoms with van der Waals surface area (Å²) in [5.41, 5.74) is 1.23. The Morgan fingerprint density at radius 3 is 2.42 bits per heavy atom. The molecule has 19 heavy (non-hydrogen) atoms. The molecule has 0 aliphatic carbocycles. The summed E-state index contributed by atoms with van der Waals surface area (Å²) in [5, 5.41) is 0.425. The maximum atomic E-state index is 8.63. The van der Waals surface area contributed by atoms with Crippen LogP contribution in [0, 0.1) is 0 Å². The Labute approximate surface area is 121 Å². The van der Waals surface area contributed by atoms with Crippen molar-refractivity contribution >= 4 is 21.8 Å². The van der Waals surface area contributed by atoms with Crippen molar-refractivity contribution in [2.24, 2.45) is 0 Å². The summed E-state index contributed by atoms with van der Waals surface area (Å²) in [6.07, 6.45) is 0. The molecule has 3 aromatic carbocycles. The maximum Gasteiger partial charge on any atom is 0.0645 e. The molecule has 0 amide bonds. The van der Waals surface area contributed by atoms with Gasteiger partial charge in [-0.3, -0.25) is 0 Å². The van der Waals surface area contributed by atoms with Crippen molar-refractivity contribution in [3.05, 3.63) is 72.6 Å². The van der Waals surface area contributed by atoms with Crippen LogP contribution in [0.25, 0.3) is 32.9 Å². The molecule has 0 atom stereocenters. The van der Waals surface area contributed by atoms with Crippen LogP contribution in [0.15, 0.2) is 72.6 Å². The Morgan fingerprint density at radius 1 is 0.737 bits per heavy atom. The van der Waals surface area contributed by atoms with Crippen molar-refractivity contribution in [2.45, 2.75) is 0 Å². The van der Waals surface area contributed by atoms with Gasteiger partial charge in [-0.25, -0.2) is 0 Å². The first-order valence-corrected chi connectivity index (χ1v) is 5.91. The summed E-state index contributed by atoms with van der Waals surface area (Å²) < 4.78 is 57.3. The second-order valence-corrected chi connectivity index (χ2v) is 4.24. The number of nitrogens with one attached hydrogen (secondary N) is 1. The highest BCUT2D eigenvalue weighted by molar-refractivity contribution is 6.08. The lowest BCUT2D eigenvalue weighted by atomic mass is 10.0. The summed E-state index contributed by atoms with van der Waals surface area (Å²) >= 11 is 0. The third kappa shape index (κ3) is 1.63.